The van der Waals surface area contributed by atoms with Crippen LogP contribution in [0.4, 0.5) is 0 Å². The predicted molar refractivity (Wildman–Crippen MR) is 80.6 cm³/mol. The second-order valence-electron chi connectivity index (χ2n) is 4.41. The number of ether oxygens (including phenoxy) is 1. The van der Waals surface area contributed by atoms with Gasteiger partial charge < -0.3 is 9.84 Å². The monoisotopic (exact) mass is 320 g/mol. The molecule has 0 heterocycles. The maximum atomic E-state index is 10.4. The van der Waals surface area contributed by atoms with Crippen LogP contribution >= 0.6 is 15.9 Å². The number of halogens is 1. The Morgan fingerprint density at radius 3 is 2.32 bits per heavy atom. The van der Waals surface area contributed by atoms with Crippen LogP contribution < -0.4 is 4.74 Å². The number of hydrogen-bond acceptors (Lipinski definition) is 2. The van der Waals surface area contributed by atoms with Crippen LogP contribution in [0.15, 0.2) is 46.9 Å². The first kappa shape index (κ1) is 14.1. The summed E-state index contributed by atoms with van der Waals surface area (Å²) in [5.74, 6) is 0.823. The van der Waals surface area contributed by atoms with E-state index < -0.39 is 6.10 Å². The van der Waals surface area contributed by atoms with Gasteiger partial charge in [-0.1, -0.05) is 40.2 Å². The topological polar surface area (TPSA) is 29.5 Å². The van der Waals surface area contributed by atoms with E-state index in [4.69, 9.17) is 4.74 Å². The normalized spacial score (nSPS) is 12.2. The molecule has 2 nitrogen and oxygen atoms in total. The molecule has 1 N–H and O–H groups in total. The Kier molecular flexibility index (Phi) is 4.61. The largest absolute Gasteiger partial charge is 0.494 e. The first-order valence-electron chi connectivity index (χ1n) is 6.28. The van der Waals surface area contributed by atoms with Crippen LogP contribution in [0.25, 0.3) is 0 Å². The molecule has 0 saturated heterocycles. The van der Waals surface area contributed by atoms with E-state index in [9.17, 15) is 5.11 Å². The number of aliphatic hydroxyl groups excluding tert-OH is 1. The van der Waals surface area contributed by atoms with Crippen LogP contribution in [0.5, 0.6) is 5.75 Å². The van der Waals surface area contributed by atoms with Crippen molar-refractivity contribution in [2.45, 2.75) is 20.0 Å². The molecule has 1 unspecified atom stereocenters. The first-order chi connectivity index (χ1) is 9.11. The van der Waals surface area contributed by atoms with Gasteiger partial charge in [0.2, 0.25) is 0 Å². The summed E-state index contributed by atoms with van der Waals surface area (Å²) in [4.78, 5) is 0. The van der Waals surface area contributed by atoms with Gasteiger partial charge in [-0.3, -0.25) is 0 Å². The van der Waals surface area contributed by atoms with Crippen LogP contribution in [0.3, 0.4) is 0 Å². The van der Waals surface area contributed by atoms with Crippen LogP contribution in [0.2, 0.25) is 0 Å². The lowest BCUT2D eigenvalue weighted by molar-refractivity contribution is 0.220. The van der Waals surface area contributed by atoms with Crippen LogP contribution in [0, 0.1) is 6.92 Å². The minimum absolute atomic E-state index is 0.618. The molecule has 0 aromatic heterocycles. The molecule has 19 heavy (non-hydrogen) atoms. The van der Waals surface area contributed by atoms with Crippen molar-refractivity contribution in [2.24, 2.45) is 0 Å². The molecule has 0 radical (unpaired) electrons. The molecule has 100 valence electrons. The minimum atomic E-state index is -0.618. The molecular weight excluding hydrogens is 304 g/mol. The lowest BCUT2D eigenvalue weighted by atomic mass is 10.0. The number of benzene rings is 2. The third-order valence-corrected chi connectivity index (χ3v) is 3.87. The lowest BCUT2D eigenvalue weighted by Crippen LogP contribution is -2.00. The average Bonchev–Trinajstić information content (AvgIpc) is 2.42. The molecule has 2 aromatic rings. The van der Waals surface area contributed by atoms with Gasteiger partial charge in [0.05, 0.1) is 6.61 Å². The maximum Gasteiger partial charge on any atom is 0.119 e. The quantitative estimate of drug-likeness (QED) is 0.913. The van der Waals surface area contributed by atoms with Gasteiger partial charge in [-0.05, 0) is 48.7 Å². The van der Waals surface area contributed by atoms with E-state index in [0.29, 0.717) is 6.61 Å². The van der Waals surface area contributed by atoms with Crippen LogP contribution in [-0.4, -0.2) is 11.7 Å². The fraction of sp³-hybridized carbons (Fsp3) is 0.250. The van der Waals surface area contributed by atoms with Crippen molar-refractivity contribution < 1.29 is 9.84 Å². The second-order valence-corrected chi connectivity index (χ2v) is 5.27. The van der Waals surface area contributed by atoms with Gasteiger partial charge >= 0.3 is 0 Å². The molecule has 0 amide bonds. The summed E-state index contributed by atoms with van der Waals surface area (Å²) in [6.45, 7) is 4.62. The summed E-state index contributed by atoms with van der Waals surface area (Å²) in [5.41, 5.74) is 2.89. The highest BCUT2D eigenvalue weighted by Gasteiger charge is 2.11. The summed E-state index contributed by atoms with van der Waals surface area (Å²) in [7, 11) is 0. The zero-order valence-electron chi connectivity index (χ0n) is 11.1. The van der Waals surface area contributed by atoms with Gasteiger partial charge in [0.25, 0.3) is 0 Å². The fourth-order valence-electron chi connectivity index (χ4n) is 1.88. The van der Waals surface area contributed by atoms with Crippen molar-refractivity contribution in [1.29, 1.82) is 0 Å². The molecule has 0 saturated carbocycles. The number of aryl methyl sites for hydroxylation is 1. The van der Waals surface area contributed by atoms with Gasteiger partial charge in [0, 0.05) is 4.47 Å². The van der Waals surface area contributed by atoms with Gasteiger partial charge in [0.15, 0.2) is 0 Å². The van der Waals surface area contributed by atoms with Crippen molar-refractivity contribution in [2.75, 3.05) is 6.61 Å². The lowest BCUT2D eigenvalue weighted by Gasteiger charge is -2.13. The Hall–Kier alpha value is -1.32. The van der Waals surface area contributed by atoms with E-state index in [-0.39, 0.29) is 0 Å². The van der Waals surface area contributed by atoms with Gasteiger partial charge in [-0.25, -0.2) is 0 Å². The van der Waals surface area contributed by atoms with E-state index in [1.165, 1.54) is 0 Å². The Labute approximate surface area is 122 Å². The van der Waals surface area contributed by atoms with E-state index in [1.54, 1.807) is 0 Å². The van der Waals surface area contributed by atoms with Gasteiger partial charge in [-0.15, -0.1) is 0 Å². The van der Waals surface area contributed by atoms with Crippen molar-refractivity contribution in [3.63, 3.8) is 0 Å². The third kappa shape index (κ3) is 3.37. The smallest absolute Gasteiger partial charge is 0.119 e. The molecule has 0 aliphatic rings. The summed E-state index contributed by atoms with van der Waals surface area (Å²) >= 11 is 3.49. The Morgan fingerprint density at radius 2 is 1.74 bits per heavy atom. The molecule has 2 rings (SSSR count). The Balaban J connectivity index is 2.22. The highest BCUT2D eigenvalue weighted by Crippen LogP contribution is 2.27. The SMILES string of the molecule is CCOc1ccc(C(O)c2ccc(C)c(Br)c2)cc1. The first-order valence-corrected chi connectivity index (χ1v) is 7.08. The summed E-state index contributed by atoms with van der Waals surface area (Å²) in [6.07, 6.45) is -0.618. The summed E-state index contributed by atoms with van der Waals surface area (Å²) in [5, 5.41) is 10.4. The average molecular weight is 321 g/mol. The van der Waals surface area contributed by atoms with Crippen molar-refractivity contribution >= 4 is 15.9 Å². The number of rotatable bonds is 4. The molecule has 0 bridgehead atoms. The van der Waals surface area contributed by atoms with E-state index in [2.05, 4.69) is 15.9 Å². The Bertz CT molecular complexity index is 549. The third-order valence-electron chi connectivity index (χ3n) is 3.02. The zero-order chi connectivity index (χ0) is 13.8. The fourth-order valence-corrected chi connectivity index (χ4v) is 2.28. The van der Waals surface area contributed by atoms with Gasteiger partial charge in [0.1, 0.15) is 11.9 Å². The molecule has 3 heteroatoms. The van der Waals surface area contributed by atoms with E-state index >= 15 is 0 Å². The highest BCUT2D eigenvalue weighted by atomic mass is 79.9. The summed E-state index contributed by atoms with van der Waals surface area (Å²) in [6, 6.07) is 13.4. The molecule has 0 spiro atoms. The summed E-state index contributed by atoms with van der Waals surface area (Å²) < 4.78 is 6.40. The van der Waals surface area contributed by atoms with E-state index in [0.717, 1.165) is 26.9 Å². The highest BCUT2D eigenvalue weighted by molar-refractivity contribution is 9.10. The Morgan fingerprint density at radius 1 is 1.11 bits per heavy atom. The van der Waals surface area contributed by atoms with E-state index in [1.807, 2.05) is 56.3 Å². The molecule has 0 aliphatic carbocycles. The standard InChI is InChI=1S/C16H17BrO2/c1-3-19-14-8-6-12(7-9-14)16(18)13-5-4-11(2)15(17)10-13/h4-10,16,18H,3H2,1-2H3. The number of aliphatic hydroxyl groups is 1. The molecule has 1 atom stereocenters. The van der Waals surface area contributed by atoms with Crippen LogP contribution in [-0.2, 0) is 0 Å². The van der Waals surface area contributed by atoms with Crippen molar-refractivity contribution in [3.8, 4) is 5.75 Å². The molecule has 2 aromatic carbocycles. The number of hydrogen-bond donors (Lipinski definition) is 1. The molecular formula is C16H17BrO2. The second kappa shape index (κ2) is 6.22. The maximum absolute atomic E-state index is 10.4. The van der Waals surface area contributed by atoms with Crippen molar-refractivity contribution in [1.82, 2.24) is 0 Å². The minimum Gasteiger partial charge on any atom is -0.494 e. The zero-order valence-corrected chi connectivity index (χ0v) is 12.6. The van der Waals surface area contributed by atoms with Crippen molar-refractivity contribution in [3.05, 3.63) is 63.6 Å². The van der Waals surface area contributed by atoms with Crippen LogP contribution in [0.1, 0.15) is 29.7 Å². The molecule has 0 aliphatic heterocycles. The van der Waals surface area contributed by atoms with Gasteiger partial charge in [-0.2, -0.15) is 0 Å². The predicted octanol–water partition coefficient (Wildman–Crippen LogP) is 4.24. The molecule has 0 fully saturated rings.